The highest BCUT2D eigenvalue weighted by Gasteiger charge is 2.31. The highest BCUT2D eigenvalue weighted by atomic mass is 16.5. The molecule has 1 aromatic rings. The Kier molecular flexibility index (Phi) is 12.4. The number of hydrogen-bond donors (Lipinski definition) is 2. The summed E-state index contributed by atoms with van der Waals surface area (Å²) in [6.07, 6.45) is 6.35. The van der Waals surface area contributed by atoms with Crippen molar-refractivity contribution in [2.45, 2.75) is 96.3 Å². The van der Waals surface area contributed by atoms with Crippen molar-refractivity contribution in [3.05, 3.63) is 29.8 Å². The molecule has 0 aromatic heterocycles. The lowest BCUT2D eigenvalue weighted by molar-refractivity contribution is -0.160. The van der Waals surface area contributed by atoms with Crippen molar-refractivity contribution in [1.29, 1.82) is 0 Å². The van der Waals surface area contributed by atoms with Crippen molar-refractivity contribution in [3.63, 3.8) is 0 Å². The fraction of sp³-hybridized carbons (Fsp3) is 0.704. The first-order chi connectivity index (χ1) is 16.3. The summed E-state index contributed by atoms with van der Waals surface area (Å²) in [6.45, 7) is 4.38. The van der Waals surface area contributed by atoms with Crippen LogP contribution in [-0.4, -0.2) is 65.5 Å². The molecule has 4 unspecified atom stereocenters. The molecule has 1 aliphatic heterocycles. The number of ether oxygens (including phenoxy) is 2. The molecule has 2 rings (SSSR count). The highest BCUT2D eigenvalue weighted by molar-refractivity contribution is 5.84. The second-order valence-electron chi connectivity index (χ2n) is 9.61. The van der Waals surface area contributed by atoms with E-state index in [0.29, 0.717) is 37.4 Å². The fourth-order valence-corrected chi connectivity index (χ4v) is 4.44. The van der Waals surface area contributed by atoms with Gasteiger partial charge in [0, 0.05) is 26.3 Å². The van der Waals surface area contributed by atoms with Gasteiger partial charge < -0.3 is 24.6 Å². The molecule has 1 fully saturated rings. The van der Waals surface area contributed by atoms with Crippen molar-refractivity contribution in [3.8, 4) is 5.75 Å². The van der Waals surface area contributed by atoms with E-state index in [4.69, 9.17) is 14.6 Å². The molecule has 4 atom stereocenters. The molecule has 0 radical (unpaired) electrons. The van der Waals surface area contributed by atoms with Crippen LogP contribution in [0.25, 0.3) is 0 Å². The Morgan fingerprint density at radius 2 is 1.88 bits per heavy atom. The molecule has 1 aromatic carbocycles. The number of carbonyl (C=O) groups excluding carboxylic acids is 2. The summed E-state index contributed by atoms with van der Waals surface area (Å²) in [6, 6.07) is 6.58. The fourth-order valence-electron chi connectivity index (χ4n) is 4.44. The third-order valence-electron chi connectivity index (χ3n) is 6.60. The van der Waals surface area contributed by atoms with Crippen molar-refractivity contribution < 1.29 is 29.3 Å². The van der Waals surface area contributed by atoms with Gasteiger partial charge in [-0.3, -0.25) is 4.79 Å². The lowest BCUT2D eigenvalue weighted by Gasteiger charge is -2.29. The number of aliphatic hydroxyl groups excluding tert-OH is 2. The molecule has 0 saturated carbocycles. The minimum absolute atomic E-state index is 0.0562. The Balaban J connectivity index is 2.21. The van der Waals surface area contributed by atoms with Gasteiger partial charge in [-0.25, -0.2) is 4.79 Å². The van der Waals surface area contributed by atoms with Crippen LogP contribution in [-0.2, 0) is 20.7 Å². The monoisotopic (exact) mass is 477 g/mol. The van der Waals surface area contributed by atoms with Crippen molar-refractivity contribution >= 4 is 11.9 Å². The van der Waals surface area contributed by atoms with E-state index in [-0.39, 0.29) is 25.2 Å². The van der Waals surface area contributed by atoms with Crippen LogP contribution < -0.4 is 4.74 Å². The van der Waals surface area contributed by atoms with Crippen LogP contribution >= 0.6 is 0 Å². The van der Waals surface area contributed by atoms with Crippen molar-refractivity contribution in [2.24, 2.45) is 5.92 Å². The largest absolute Gasteiger partial charge is 0.491 e. The summed E-state index contributed by atoms with van der Waals surface area (Å²) >= 11 is 0. The Morgan fingerprint density at radius 1 is 1.15 bits per heavy atom. The lowest BCUT2D eigenvalue weighted by atomic mass is 9.94. The predicted octanol–water partition coefficient (Wildman–Crippen LogP) is 3.88. The average molecular weight is 478 g/mol. The van der Waals surface area contributed by atoms with Gasteiger partial charge >= 0.3 is 5.97 Å². The molecular weight excluding hydrogens is 434 g/mol. The summed E-state index contributed by atoms with van der Waals surface area (Å²) in [7, 11) is 1.68. The Labute approximate surface area is 204 Å². The molecule has 1 aliphatic rings. The van der Waals surface area contributed by atoms with Gasteiger partial charge in [-0.2, -0.15) is 0 Å². The van der Waals surface area contributed by atoms with Gasteiger partial charge in [0.1, 0.15) is 24.5 Å². The van der Waals surface area contributed by atoms with Crippen LogP contribution in [0.5, 0.6) is 5.75 Å². The van der Waals surface area contributed by atoms with Crippen LogP contribution in [0.1, 0.15) is 77.2 Å². The number of esters is 1. The van der Waals surface area contributed by atoms with Gasteiger partial charge in [0.15, 0.2) is 0 Å². The number of aliphatic hydroxyl groups is 2. The van der Waals surface area contributed by atoms with E-state index >= 15 is 0 Å². The zero-order valence-corrected chi connectivity index (χ0v) is 21.1. The molecule has 0 bridgehead atoms. The third-order valence-corrected chi connectivity index (χ3v) is 6.60. The first-order valence-corrected chi connectivity index (χ1v) is 12.8. The maximum Gasteiger partial charge on any atom is 0.329 e. The molecule has 7 nitrogen and oxygen atoms in total. The first kappa shape index (κ1) is 28.1. The van der Waals surface area contributed by atoms with Crippen LogP contribution in [0.3, 0.4) is 0 Å². The SMILES string of the molecule is CCCC(O)CC1CCC(C)CCCCC(=O)N(C)C(Cc2ccc(OCCO)cc2)C(=O)O1. The van der Waals surface area contributed by atoms with E-state index in [2.05, 4.69) is 6.92 Å². The first-order valence-electron chi connectivity index (χ1n) is 12.8. The maximum atomic E-state index is 13.4. The van der Waals surface area contributed by atoms with Gasteiger partial charge in [-0.1, -0.05) is 45.2 Å². The number of likely N-dealkylation sites (N-methyl/N-ethyl adjacent to an activating group) is 1. The number of amides is 1. The third kappa shape index (κ3) is 9.63. The van der Waals surface area contributed by atoms with Crippen LogP contribution in [0.2, 0.25) is 0 Å². The zero-order valence-electron chi connectivity index (χ0n) is 21.1. The molecule has 1 saturated heterocycles. The molecule has 34 heavy (non-hydrogen) atoms. The maximum absolute atomic E-state index is 13.4. The molecule has 1 amide bonds. The quantitative estimate of drug-likeness (QED) is 0.524. The van der Waals surface area contributed by atoms with Gasteiger partial charge in [0.05, 0.1) is 12.7 Å². The van der Waals surface area contributed by atoms with Crippen LogP contribution in [0.15, 0.2) is 24.3 Å². The van der Waals surface area contributed by atoms with Crippen LogP contribution in [0.4, 0.5) is 0 Å². The number of benzene rings is 1. The van der Waals surface area contributed by atoms with Crippen molar-refractivity contribution in [2.75, 3.05) is 20.3 Å². The molecule has 192 valence electrons. The Bertz CT molecular complexity index is 737. The lowest BCUT2D eigenvalue weighted by Crippen LogP contribution is -2.46. The van der Waals surface area contributed by atoms with E-state index in [9.17, 15) is 14.7 Å². The minimum atomic E-state index is -0.735. The second-order valence-corrected chi connectivity index (χ2v) is 9.61. The van der Waals surface area contributed by atoms with E-state index in [1.807, 2.05) is 19.1 Å². The average Bonchev–Trinajstić information content (AvgIpc) is 2.82. The van der Waals surface area contributed by atoms with Gasteiger partial charge in [-0.15, -0.1) is 0 Å². The summed E-state index contributed by atoms with van der Waals surface area (Å²) < 4.78 is 11.4. The molecular formula is C27H43NO6. The zero-order chi connectivity index (χ0) is 24.9. The van der Waals surface area contributed by atoms with E-state index in [1.165, 1.54) is 4.90 Å². The number of cyclic esters (lactones) is 1. The van der Waals surface area contributed by atoms with Gasteiger partial charge in [0.2, 0.25) is 5.91 Å². The Morgan fingerprint density at radius 3 is 2.56 bits per heavy atom. The van der Waals surface area contributed by atoms with Gasteiger partial charge in [0.25, 0.3) is 0 Å². The van der Waals surface area contributed by atoms with E-state index in [1.54, 1.807) is 19.2 Å². The second kappa shape index (κ2) is 15.0. The Hall–Kier alpha value is -2.12. The summed E-state index contributed by atoms with van der Waals surface area (Å²) in [4.78, 5) is 27.8. The molecule has 0 spiro atoms. The molecule has 0 aliphatic carbocycles. The van der Waals surface area contributed by atoms with E-state index in [0.717, 1.165) is 44.1 Å². The van der Waals surface area contributed by atoms with Gasteiger partial charge in [-0.05, 0) is 49.3 Å². The summed E-state index contributed by atoms with van der Waals surface area (Å²) in [5.41, 5.74) is 0.887. The number of hydrogen-bond acceptors (Lipinski definition) is 6. The van der Waals surface area contributed by atoms with E-state index < -0.39 is 18.1 Å². The normalized spacial score (nSPS) is 23.9. The smallest absolute Gasteiger partial charge is 0.329 e. The topological polar surface area (TPSA) is 96.3 Å². The van der Waals surface area contributed by atoms with Crippen molar-refractivity contribution in [1.82, 2.24) is 4.90 Å². The number of nitrogens with zero attached hydrogens (tertiary/aromatic N) is 1. The standard InChI is InChI=1S/C27H43NO6/c1-4-7-22(30)19-24-13-10-20(2)8-5-6-9-26(31)28(3)25(27(32)34-24)18-21-11-14-23(15-12-21)33-17-16-29/h11-12,14-15,20,22,24-25,29-30H,4-10,13,16-19H2,1-3H3. The molecule has 1 heterocycles. The van der Waals surface area contributed by atoms with Crippen LogP contribution in [0, 0.1) is 5.92 Å². The number of rotatable bonds is 9. The predicted molar refractivity (Wildman–Crippen MR) is 132 cm³/mol. The minimum Gasteiger partial charge on any atom is -0.491 e. The summed E-state index contributed by atoms with van der Waals surface area (Å²) in [5, 5.41) is 19.3. The number of carbonyl (C=O) groups is 2. The molecule has 7 heteroatoms. The highest BCUT2D eigenvalue weighted by Crippen LogP contribution is 2.23. The summed E-state index contributed by atoms with van der Waals surface area (Å²) in [5.74, 6) is 0.649. The molecule has 2 N–H and O–H groups in total.